The molecule has 0 fully saturated rings. The molecule has 1 amide bonds. The smallest absolute Gasteiger partial charge is 0.338 e. The van der Waals surface area contributed by atoms with Crippen molar-refractivity contribution in [3.8, 4) is 5.75 Å². The van der Waals surface area contributed by atoms with Crippen molar-refractivity contribution in [2.24, 2.45) is 0 Å². The molecule has 0 aliphatic carbocycles. The van der Waals surface area contributed by atoms with Crippen molar-refractivity contribution in [3.63, 3.8) is 0 Å². The van der Waals surface area contributed by atoms with E-state index in [1.807, 2.05) is 20.8 Å². The van der Waals surface area contributed by atoms with E-state index in [9.17, 15) is 9.59 Å². The number of aryl methyl sites for hydroxylation is 3. The van der Waals surface area contributed by atoms with Gasteiger partial charge in [-0.25, -0.2) is 4.79 Å². The Bertz CT molecular complexity index is 840. The topological polar surface area (TPSA) is 64.6 Å². The molecule has 2 rings (SSSR count). The predicted octanol–water partition coefficient (Wildman–Crippen LogP) is 4.85. The minimum Gasteiger partial charge on any atom is -0.481 e. The first kappa shape index (κ1) is 20.8. The third-order valence-electron chi connectivity index (χ3n) is 4.10. The number of hydrogen-bond acceptors (Lipinski definition) is 4. The molecule has 0 saturated heterocycles. The molecule has 1 atom stereocenters. The third kappa shape index (κ3) is 5.23. The van der Waals surface area contributed by atoms with Crippen molar-refractivity contribution < 1.29 is 19.1 Å². The number of nitrogens with one attached hydrogen (secondary N) is 1. The summed E-state index contributed by atoms with van der Waals surface area (Å²) >= 11 is 6.16. The van der Waals surface area contributed by atoms with Crippen LogP contribution < -0.4 is 10.1 Å². The minimum atomic E-state index is -0.726. The van der Waals surface area contributed by atoms with E-state index in [0.717, 1.165) is 16.7 Å². The number of benzene rings is 2. The SMILES string of the molecule is CCOC(=O)c1ccc(C)c(NC(=O)[C@@H](C)Oc2cc(C)c(Cl)c(C)c2)c1. The first-order valence-electron chi connectivity index (χ1n) is 8.75. The fourth-order valence-electron chi connectivity index (χ4n) is 2.56. The van der Waals surface area contributed by atoms with Crippen molar-refractivity contribution in [2.45, 2.75) is 40.7 Å². The van der Waals surface area contributed by atoms with Crippen molar-refractivity contribution in [1.29, 1.82) is 0 Å². The third-order valence-corrected chi connectivity index (χ3v) is 4.69. The molecule has 0 bridgehead atoms. The van der Waals surface area contributed by atoms with Gasteiger partial charge in [-0.3, -0.25) is 4.79 Å². The molecule has 27 heavy (non-hydrogen) atoms. The summed E-state index contributed by atoms with van der Waals surface area (Å²) in [6.07, 6.45) is -0.726. The molecular formula is C21H24ClNO4. The molecule has 0 heterocycles. The maximum atomic E-state index is 12.5. The van der Waals surface area contributed by atoms with Gasteiger partial charge in [-0.05, 0) is 75.6 Å². The Balaban J connectivity index is 2.12. The highest BCUT2D eigenvalue weighted by Gasteiger charge is 2.18. The van der Waals surface area contributed by atoms with Crippen LogP contribution in [0, 0.1) is 20.8 Å². The molecule has 0 aromatic heterocycles. The van der Waals surface area contributed by atoms with Gasteiger partial charge in [0, 0.05) is 10.7 Å². The number of rotatable bonds is 6. The van der Waals surface area contributed by atoms with Crippen molar-refractivity contribution in [3.05, 3.63) is 57.6 Å². The van der Waals surface area contributed by atoms with Gasteiger partial charge in [0.25, 0.3) is 5.91 Å². The van der Waals surface area contributed by atoms with Gasteiger partial charge in [0.15, 0.2) is 6.10 Å². The molecule has 0 unspecified atom stereocenters. The second-order valence-corrected chi connectivity index (χ2v) is 6.75. The molecule has 1 N–H and O–H groups in total. The van der Waals surface area contributed by atoms with E-state index in [-0.39, 0.29) is 5.91 Å². The Morgan fingerprint density at radius 3 is 2.30 bits per heavy atom. The molecule has 5 nitrogen and oxygen atoms in total. The van der Waals surface area contributed by atoms with Gasteiger partial charge in [-0.2, -0.15) is 0 Å². The zero-order valence-corrected chi connectivity index (χ0v) is 16.9. The summed E-state index contributed by atoms with van der Waals surface area (Å²) < 4.78 is 10.8. The number of carbonyl (C=O) groups excluding carboxylic acids is 2. The molecule has 144 valence electrons. The fraction of sp³-hybridized carbons (Fsp3) is 0.333. The van der Waals surface area contributed by atoms with Gasteiger partial charge in [0.05, 0.1) is 12.2 Å². The van der Waals surface area contributed by atoms with E-state index in [2.05, 4.69) is 5.32 Å². The van der Waals surface area contributed by atoms with Crippen molar-refractivity contribution >= 4 is 29.2 Å². The molecule has 6 heteroatoms. The first-order chi connectivity index (χ1) is 12.7. The van der Waals surface area contributed by atoms with E-state index in [1.165, 1.54) is 0 Å². The Kier molecular flexibility index (Phi) is 6.86. The average molecular weight is 390 g/mol. The molecule has 0 radical (unpaired) electrons. The number of anilines is 1. The van der Waals surface area contributed by atoms with Gasteiger partial charge >= 0.3 is 5.97 Å². The van der Waals surface area contributed by atoms with Gasteiger partial charge in [0.2, 0.25) is 0 Å². The molecule has 2 aromatic carbocycles. The summed E-state index contributed by atoms with van der Waals surface area (Å²) in [5, 5.41) is 3.50. The second kappa shape index (κ2) is 8.91. The van der Waals surface area contributed by atoms with Crippen LogP contribution in [0.3, 0.4) is 0 Å². The van der Waals surface area contributed by atoms with Crippen LogP contribution in [0.15, 0.2) is 30.3 Å². The zero-order valence-electron chi connectivity index (χ0n) is 16.2. The highest BCUT2D eigenvalue weighted by atomic mass is 35.5. The largest absolute Gasteiger partial charge is 0.481 e. The van der Waals surface area contributed by atoms with Crippen LogP contribution in [-0.4, -0.2) is 24.6 Å². The number of amides is 1. The highest BCUT2D eigenvalue weighted by molar-refractivity contribution is 6.32. The summed E-state index contributed by atoms with van der Waals surface area (Å²) in [6, 6.07) is 8.63. The maximum absolute atomic E-state index is 12.5. The predicted molar refractivity (Wildman–Crippen MR) is 107 cm³/mol. The number of esters is 1. The van der Waals surface area contributed by atoms with Crippen LogP contribution in [0.1, 0.15) is 40.9 Å². The fourth-order valence-corrected chi connectivity index (χ4v) is 2.67. The van der Waals surface area contributed by atoms with E-state index >= 15 is 0 Å². The first-order valence-corrected chi connectivity index (χ1v) is 9.12. The van der Waals surface area contributed by atoms with Gasteiger partial charge in [0.1, 0.15) is 5.75 Å². The summed E-state index contributed by atoms with van der Waals surface area (Å²) in [5.74, 6) is -0.164. The van der Waals surface area contributed by atoms with Crippen LogP contribution in [0.5, 0.6) is 5.75 Å². The van der Waals surface area contributed by atoms with Crippen LogP contribution in [0.2, 0.25) is 5.02 Å². The molecular weight excluding hydrogens is 366 g/mol. The Morgan fingerprint density at radius 2 is 1.70 bits per heavy atom. The molecule has 0 aliphatic heterocycles. The van der Waals surface area contributed by atoms with Crippen molar-refractivity contribution in [2.75, 3.05) is 11.9 Å². The lowest BCUT2D eigenvalue weighted by atomic mass is 10.1. The van der Waals surface area contributed by atoms with Crippen LogP contribution in [0.4, 0.5) is 5.69 Å². The highest BCUT2D eigenvalue weighted by Crippen LogP contribution is 2.26. The number of carbonyl (C=O) groups is 2. The Hall–Kier alpha value is -2.53. The van der Waals surface area contributed by atoms with Gasteiger partial charge in [-0.15, -0.1) is 0 Å². The summed E-state index contributed by atoms with van der Waals surface area (Å²) in [5.41, 5.74) is 3.54. The van der Waals surface area contributed by atoms with Gasteiger partial charge in [-0.1, -0.05) is 17.7 Å². The number of halogens is 1. The van der Waals surface area contributed by atoms with Gasteiger partial charge < -0.3 is 14.8 Å². The maximum Gasteiger partial charge on any atom is 0.338 e. The summed E-state index contributed by atoms with van der Waals surface area (Å²) in [4.78, 5) is 24.4. The summed E-state index contributed by atoms with van der Waals surface area (Å²) in [6.45, 7) is 9.32. The zero-order chi connectivity index (χ0) is 20.1. The lowest BCUT2D eigenvalue weighted by Gasteiger charge is -2.17. The molecule has 2 aromatic rings. The Labute approximate surface area is 164 Å². The molecule has 0 aliphatic rings. The lowest BCUT2D eigenvalue weighted by molar-refractivity contribution is -0.122. The van der Waals surface area contributed by atoms with E-state index < -0.39 is 12.1 Å². The normalized spacial score (nSPS) is 11.6. The Morgan fingerprint density at radius 1 is 1.07 bits per heavy atom. The van der Waals surface area contributed by atoms with Crippen LogP contribution in [0.25, 0.3) is 0 Å². The number of hydrogen-bond donors (Lipinski definition) is 1. The van der Waals surface area contributed by atoms with E-state index in [4.69, 9.17) is 21.1 Å². The van der Waals surface area contributed by atoms with Crippen LogP contribution >= 0.6 is 11.6 Å². The van der Waals surface area contributed by atoms with Crippen LogP contribution in [-0.2, 0) is 9.53 Å². The van der Waals surface area contributed by atoms with Crippen molar-refractivity contribution in [1.82, 2.24) is 0 Å². The summed E-state index contributed by atoms with van der Waals surface area (Å²) in [7, 11) is 0. The quantitative estimate of drug-likeness (QED) is 0.717. The van der Waals surface area contributed by atoms with E-state index in [1.54, 1.807) is 44.2 Å². The number of ether oxygens (including phenoxy) is 2. The minimum absolute atomic E-state index is 0.291. The van der Waals surface area contributed by atoms with E-state index in [0.29, 0.717) is 28.6 Å². The molecule has 0 spiro atoms. The average Bonchev–Trinajstić information content (AvgIpc) is 2.61. The molecule has 0 saturated carbocycles. The second-order valence-electron chi connectivity index (χ2n) is 6.37. The standard InChI is InChI=1S/C21H24ClNO4/c1-6-26-21(25)16-8-7-12(2)18(11-16)23-20(24)15(5)27-17-9-13(3)19(22)14(4)10-17/h7-11,15H,6H2,1-5H3,(H,23,24)/t15-/m1/s1. The lowest BCUT2D eigenvalue weighted by Crippen LogP contribution is -2.30. The monoisotopic (exact) mass is 389 g/mol.